The molecule has 6 heteroatoms. The lowest BCUT2D eigenvalue weighted by Crippen LogP contribution is -2.03. The summed E-state index contributed by atoms with van der Waals surface area (Å²) in [6, 6.07) is 44.9. The number of aromatic nitrogens is 3. The molecule has 0 saturated heterocycles. The first-order valence-corrected chi connectivity index (χ1v) is 16.9. The number of thiophene rings is 2. The molecule has 0 atom stereocenters. The highest BCUT2D eigenvalue weighted by Gasteiger charge is 2.23. The van der Waals surface area contributed by atoms with E-state index in [-0.39, 0.29) is 0 Å². The van der Waals surface area contributed by atoms with E-state index in [0.717, 1.165) is 60.4 Å². The molecule has 0 radical (unpaired) electrons. The summed E-state index contributed by atoms with van der Waals surface area (Å²) in [6.45, 7) is 0. The van der Waals surface area contributed by atoms with E-state index in [1.807, 2.05) is 34.8 Å². The Morgan fingerprint density at radius 3 is 2.20 bits per heavy atom. The van der Waals surface area contributed by atoms with E-state index in [1.54, 1.807) is 0 Å². The van der Waals surface area contributed by atoms with Crippen LogP contribution < -0.4 is 0 Å². The zero-order valence-corrected chi connectivity index (χ0v) is 25.8. The van der Waals surface area contributed by atoms with Crippen molar-refractivity contribution in [2.75, 3.05) is 0 Å². The molecule has 214 valence electrons. The van der Waals surface area contributed by atoms with Gasteiger partial charge in [0.2, 0.25) is 5.95 Å². The molecule has 11 rings (SSSR count). The average molecular weight is 624 g/mol. The largest absolute Gasteiger partial charge is 0.456 e. The molecule has 0 saturated carbocycles. The summed E-state index contributed by atoms with van der Waals surface area (Å²) < 4.78 is 13.8. The van der Waals surface area contributed by atoms with Gasteiger partial charge in [-0.1, -0.05) is 91.0 Å². The molecule has 0 aliphatic carbocycles. The minimum atomic E-state index is 0.673. The lowest BCUT2D eigenvalue weighted by atomic mass is 10.0. The van der Waals surface area contributed by atoms with E-state index in [2.05, 4.69) is 120 Å². The average Bonchev–Trinajstić information content (AvgIpc) is 3.85. The molecule has 46 heavy (non-hydrogen) atoms. The zero-order chi connectivity index (χ0) is 29.9. The molecule has 5 aromatic heterocycles. The first kappa shape index (κ1) is 24.7. The summed E-state index contributed by atoms with van der Waals surface area (Å²) in [5.74, 6) is 0.673. The Bertz CT molecular complexity index is 3050. The van der Waals surface area contributed by atoms with E-state index >= 15 is 0 Å². The summed E-state index contributed by atoms with van der Waals surface area (Å²) in [5, 5.41) is 8.04. The number of benzene rings is 6. The fourth-order valence-electron chi connectivity index (χ4n) is 7.15. The molecule has 0 N–H and O–H groups in total. The van der Waals surface area contributed by atoms with Crippen molar-refractivity contribution in [3.63, 3.8) is 0 Å². The summed E-state index contributed by atoms with van der Waals surface area (Å²) in [5.41, 5.74) is 6.87. The van der Waals surface area contributed by atoms with Crippen LogP contribution in [0.3, 0.4) is 0 Å². The molecule has 0 spiro atoms. The van der Waals surface area contributed by atoms with Gasteiger partial charge in [0.05, 0.1) is 36.3 Å². The number of furan rings is 1. The fraction of sp³-hybridized carbons (Fsp3) is 0. The van der Waals surface area contributed by atoms with Gasteiger partial charge in [0, 0.05) is 42.6 Å². The van der Waals surface area contributed by atoms with Crippen LogP contribution in [0.2, 0.25) is 0 Å². The van der Waals surface area contributed by atoms with Crippen LogP contribution in [0.4, 0.5) is 0 Å². The first-order valence-electron chi connectivity index (χ1n) is 15.2. The van der Waals surface area contributed by atoms with Gasteiger partial charge >= 0.3 is 0 Å². The second-order valence-corrected chi connectivity index (χ2v) is 13.8. The van der Waals surface area contributed by atoms with Gasteiger partial charge in [-0.2, -0.15) is 0 Å². The third kappa shape index (κ3) is 3.27. The molecule has 5 heterocycles. The SMILES string of the molecule is c1ccc2c(c1)ccc1c(-c3ccc4c(c3)oc3ccccc34)nc(-n3c4ccccc4c4sc5c6ccccc6sc5c43)nc12. The number of rotatable bonds is 2. The highest BCUT2D eigenvalue weighted by Crippen LogP contribution is 2.48. The molecule has 11 aromatic rings. The third-order valence-corrected chi connectivity index (χ3v) is 11.8. The maximum absolute atomic E-state index is 6.34. The maximum Gasteiger partial charge on any atom is 0.235 e. The van der Waals surface area contributed by atoms with Crippen molar-refractivity contribution in [2.24, 2.45) is 0 Å². The number of para-hydroxylation sites is 2. The lowest BCUT2D eigenvalue weighted by Gasteiger charge is -2.13. The van der Waals surface area contributed by atoms with Crippen LogP contribution >= 0.6 is 22.7 Å². The van der Waals surface area contributed by atoms with Crippen LogP contribution in [0.1, 0.15) is 0 Å². The van der Waals surface area contributed by atoms with Crippen molar-refractivity contribution in [2.45, 2.75) is 0 Å². The van der Waals surface area contributed by atoms with Crippen LogP contribution in [0.15, 0.2) is 132 Å². The van der Waals surface area contributed by atoms with Crippen molar-refractivity contribution < 1.29 is 4.42 Å². The highest BCUT2D eigenvalue weighted by molar-refractivity contribution is 7.37. The summed E-state index contributed by atoms with van der Waals surface area (Å²) in [7, 11) is 0. The van der Waals surface area contributed by atoms with Gasteiger partial charge in [-0.05, 0) is 41.8 Å². The van der Waals surface area contributed by atoms with E-state index in [1.165, 1.54) is 35.1 Å². The minimum absolute atomic E-state index is 0.673. The number of hydrogen-bond acceptors (Lipinski definition) is 5. The van der Waals surface area contributed by atoms with Gasteiger partial charge in [-0.15, -0.1) is 22.7 Å². The molecule has 0 unspecified atom stereocenters. The van der Waals surface area contributed by atoms with Gasteiger partial charge in [0.25, 0.3) is 0 Å². The van der Waals surface area contributed by atoms with Crippen molar-refractivity contribution in [1.29, 1.82) is 0 Å². The lowest BCUT2D eigenvalue weighted by molar-refractivity contribution is 0.669. The van der Waals surface area contributed by atoms with Crippen LogP contribution in [0.25, 0.3) is 101 Å². The molecule has 6 aromatic carbocycles. The van der Waals surface area contributed by atoms with E-state index in [0.29, 0.717) is 5.95 Å². The molecule has 0 fully saturated rings. The molecule has 0 amide bonds. The number of fused-ring (bicyclic) bond motifs is 13. The third-order valence-electron chi connectivity index (χ3n) is 9.23. The van der Waals surface area contributed by atoms with Crippen molar-refractivity contribution in [1.82, 2.24) is 14.5 Å². The molecule has 0 bridgehead atoms. The van der Waals surface area contributed by atoms with Crippen LogP contribution in [-0.2, 0) is 0 Å². The molecule has 0 aliphatic rings. The maximum atomic E-state index is 6.34. The summed E-state index contributed by atoms with van der Waals surface area (Å²) >= 11 is 3.73. The Morgan fingerprint density at radius 1 is 0.522 bits per heavy atom. The van der Waals surface area contributed by atoms with Crippen molar-refractivity contribution in [3.8, 4) is 17.2 Å². The summed E-state index contributed by atoms with van der Waals surface area (Å²) in [6.07, 6.45) is 0. The molecular weight excluding hydrogens is 603 g/mol. The zero-order valence-electron chi connectivity index (χ0n) is 24.2. The van der Waals surface area contributed by atoms with Gasteiger partial charge in [-0.3, -0.25) is 4.57 Å². The molecule has 0 aliphatic heterocycles. The quantitative estimate of drug-likeness (QED) is 0.180. The highest BCUT2D eigenvalue weighted by atomic mass is 32.1. The monoisotopic (exact) mass is 623 g/mol. The smallest absolute Gasteiger partial charge is 0.235 e. The standard InChI is InChI=1S/C40H21N3OS2/c1-2-10-24-22(9-1)17-20-29-34(23-18-19-26-25-11-4-7-15-31(25)44-32(26)21-23)41-40(42-35(24)29)43-30-14-6-3-12-27(30)37-36(43)39-38(46-37)28-13-5-8-16-33(28)45-39/h1-21H. The Balaban J connectivity index is 1.29. The Morgan fingerprint density at radius 2 is 1.26 bits per heavy atom. The van der Waals surface area contributed by atoms with Crippen molar-refractivity contribution in [3.05, 3.63) is 127 Å². The van der Waals surface area contributed by atoms with E-state index < -0.39 is 0 Å². The molecular formula is C40H21N3OS2. The van der Waals surface area contributed by atoms with Crippen LogP contribution in [-0.4, -0.2) is 14.5 Å². The number of hydrogen-bond donors (Lipinski definition) is 0. The molecule has 4 nitrogen and oxygen atoms in total. The van der Waals surface area contributed by atoms with Crippen LogP contribution in [0.5, 0.6) is 0 Å². The first-order chi connectivity index (χ1) is 22.8. The Hall–Kier alpha value is -5.56. The van der Waals surface area contributed by atoms with Gasteiger partial charge in [-0.25, -0.2) is 9.97 Å². The second kappa shape index (κ2) is 9.01. The van der Waals surface area contributed by atoms with Gasteiger partial charge < -0.3 is 4.42 Å². The Kier molecular flexibility index (Phi) is 4.84. The summed E-state index contributed by atoms with van der Waals surface area (Å²) in [4.78, 5) is 10.8. The van der Waals surface area contributed by atoms with E-state index in [4.69, 9.17) is 14.4 Å². The van der Waals surface area contributed by atoms with Gasteiger partial charge in [0.15, 0.2) is 0 Å². The predicted octanol–water partition coefficient (Wildman–Crippen LogP) is 11.9. The van der Waals surface area contributed by atoms with E-state index in [9.17, 15) is 0 Å². The normalized spacial score (nSPS) is 12.3. The van der Waals surface area contributed by atoms with Crippen molar-refractivity contribution >= 4 is 107 Å². The predicted molar refractivity (Wildman–Crippen MR) is 195 cm³/mol. The van der Waals surface area contributed by atoms with Crippen LogP contribution in [0, 0.1) is 0 Å². The number of nitrogens with zero attached hydrogens (tertiary/aromatic N) is 3. The van der Waals surface area contributed by atoms with Gasteiger partial charge in [0.1, 0.15) is 11.2 Å². The topological polar surface area (TPSA) is 43.9 Å². The second-order valence-electron chi connectivity index (χ2n) is 11.8. The minimum Gasteiger partial charge on any atom is -0.456 e. The Labute approximate surface area is 269 Å². The fourth-order valence-corrected chi connectivity index (χ4v) is 9.92.